The number of carboxylic acids is 4. The first-order chi connectivity index (χ1) is 17.8. The van der Waals surface area contributed by atoms with E-state index >= 15 is 0 Å². The Hall–Kier alpha value is -4.27. The maximum atomic E-state index is 12.1. The summed E-state index contributed by atoms with van der Waals surface area (Å²) in [7, 11) is 3.98. The van der Waals surface area contributed by atoms with Gasteiger partial charge in [0, 0.05) is 82.5 Å². The van der Waals surface area contributed by atoms with Crippen LogP contribution in [0.4, 0.5) is 11.4 Å². The number of piperazine rings is 1. The van der Waals surface area contributed by atoms with Crippen LogP contribution in [-0.2, 0) is 24.0 Å². The van der Waals surface area contributed by atoms with E-state index in [9.17, 15) is 24.0 Å². The van der Waals surface area contributed by atoms with E-state index in [4.69, 9.17) is 25.5 Å². The molecule has 0 unspecified atom stereocenters. The zero-order valence-corrected chi connectivity index (χ0v) is 21.2. The molecule has 1 aliphatic rings. The predicted molar refractivity (Wildman–Crippen MR) is 138 cm³/mol. The number of hydrogen-bond acceptors (Lipinski definition) is 9. The number of aliphatic hydroxyl groups is 1. The van der Waals surface area contributed by atoms with Gasteiger partial charge in [0.15, 0.2) is 0 Å². The molecule has 1 amide bonds. The molecule has 0 saturated carbocycles. The molecule has 2 rings (SSSR count). The molecule has 210 valence electrons. The Morgan fingerprint density at radius 2 is 1.16 bits per heavy atom. The molecule has 14 heteroatoms. The third-order valence-electron chi connectivity index (χ3n) is 4.65. The fraction of sp³-hybridized carbons (Fsp3) is 0.375. The summed E-state index contributed by atoms with van der Waals surface area (Å²) in [4.78, 5) is 56.7. The highest BCUT2D eigenvalue weighted by atomic mass is 16.4. The molecule has 0 bridgehead atoms. The van der Waals surface area contributed by atoms with Crippen molar-refractivity contribution in [2.24, 2.45) is 0 Å². The number of hydrogen-bond donors (Lipinski definition) is 6. The Kier molecular flexibility index (Phi) is 16.8. The lowest BCUT2D eigenvalue weighted by molar-refractivity contribution is -0.134. The summed E-state index contributed by atoms with van der Waals surface area (Å²) in [5, 5.41) is 43.1. The van der Waals surface area contributed by atoms with Crippen molar-refractivity contribution in [3.63, 3.8) is 0 Å². The lowest BCUT2D eigenvalue weighted by Gasteiger charge is -2.33. The maximum Gasteiger partial charge on any atom is 0.328 e. The van der Waals surface area contributed by atoms with Crippen molar-refractivity contribution in [1.82, 2.24) is 9.80 Å². The Morgan fingerprint density at radius 3 is 1.50 bits per heavy atom. The Labute approximate surface area is 219 Å². The second-order valence-electron chi connectivity index (χ2n) is 7.85. The zero-order chi connectivity index (χ0) is 29.1. The molecular formula is C24H34N4O10. The van der Waals surface area contributed by atoms with Gasteiger partial charge in [-0.25, -0.2) is 19.2 Å². The number of aliphatic hydroxyl groups excluding tert-OH is 1. The molecule has 1 fully saturated rings. The predicted octanol–water partition coefficient (Wildman–Crippen LogP) is -0.275. The van der Waals surface area contributed by atoms with Gasteiger partial charge in [0.2, 0.25) is 5.91 Å². The highest BCUT2D eigenvalue weighted by Crippen LogP contribution is 2.15. The Morgan fingerprint density at radius 1 is 0.763 bits per heavy atom. The molecule has 6 N–H and O–H groups in total. The third-order valence-corrected chi connectivity index (χ3v) is 4.65. The first-order valence-corrected chi connectivity index (χ1v) is 11.2. The fourth-order valence-corrected chi connectivity index (χ4v) is 2.84. The van der Waals surface area contributed by atoms with Gasteiger partial charge >= 0.3 is 23.9 Å². The fourth-order valence-electron chi connectivity index (χ4n) is 2.84. The van der Waals surface area contributed by atoms with Crippen LogP contribution in [0.25, 0.3) is 0 Å². The van der Waals surface area contributed by atoms with E-state index in [1.165, 1.54) is 0 Å². The molecule has 1 heterocycles. The van der Waals surface area contributed by atoms with Gasteiger partial charge in [-0.15, -0.1) is 0 Å². The van der Waals surface area contributed by atoms with E-state index in [0.29, 0.717) is 30.8 Å². The smallest absolute Gasteiger partial charge is 0.328 e. The molecule has 1 aliphatic heterocycles. The molecule has 1 aromatic rings. The average Bonchev–Trinajstić information content (AvgIpc) is 2.84. The number of aliphatic carboxylic acids is 4. The van der Waals surface area contributed by atoms with Crippen LogP contribution in [0.2, 0.25) is 0 Å². The molecule has 0 radical (unpaired) electrons. The van der Waals surface area contributed by atoms with E-state index in [1.54, 1.807) is 0 Å². The van der Waals surface area contributed by atoms with Gasteiger partial charge in [0.1, 0.15) is 0 Å². The molecular weight excluding hydrogens is 504 g/mol. The number of nitrogens with one attached hydrogen (secondary N) is 1. The minimum Gasteiger partial charge on any atom is -0.478 e. The Bertz CT molecular complexity index is 903. The molecule has 14 nitrogen and oxygen atoms in total. The van der Waals surface area contributed by atoms with Crippen LogP contribution in [-0.4, -0.2) is 125 Å². The van der Waals surface area contributed by atoms with Gasteiger partial charge in [-0.1, -0.05) is 0 Å². The second kappa shape index (κ2) is 18.9. The van der Waals surface area contributed by atoms with Crippen molar-refractivity contribution >= 4 is 41.2 Å². The minimum atomic E-state index is -1.26. The summed E-state index contributed by atoms with van der Waals surface area (Å²) >= 11 is 0. The van der Waals surface area contributed by atoms with Gasteiger partial charge in [-0.05, 0) is 24.3 Å². The van der Waals surface area contributed by atoms with Crippen molar-refractivity contribution in [2.45, 2.75) is 0 Å². The SMILES string of the molecule is CN(C)c1ccc(NC(=O)CN2CCN(CCO)CC2)cc1.O=C(O)/C=C/C(=O)O.O=C(O)/C=C/C(=O)O. The number of carbonyl (C=O) groups is 5. The number of carbonyl (C=O) groups excluding carboxylic acids is 1. The van der Waals surface area contributed by atoms with Crippen LogP contribution < -0.4 is 10.2 Å². The summed E-state index contributed by atoms with van der Waals surface area (Å²) in [5.74, 6) is -5.01. The van der Waals surface area contributed by atoms with E-state index < -0.39 is 23.9 Å². The van der Waals surface area contributed by atoms with E-state index in [0.717, 1.165) is 44.1 Å². The highest BCUT2D eigenvalue weighted by Gasteiger charge is 2.18. The van der Waals surface area contributed by atoms with E-state index in [2.05, 4.69) is 15.1 Å². The Balaban J connectivity index is 0.000000705. The normalized spacial score (nSPS) is 13.6. The first kappa shape index (κ1) is 33.7. The number of anilines is 2. The molecule has 1 aromatic carbocycles. The van der Waals surface area contributed by atoms with Crippen molar-refractivity contribution in [3.8, 4) is 0 Å². The maximum absolute atomic E-state index is 12.1. The van der Waals surface area contributed by atoms with Crippen LogP contribution >= 0.6 is 0 Å². The van der Waals surface area contributed by atoms with Crippen molar-refractivity contribution in [1.29, 1.82) is 0 Å². The van der Waals surface area contributed by atoms with Crippen LogP contribution in [0.3, 0.4) is 0 Å². The number of amides is 1. The largest absolute Gasteiger partial charge is 0.478 e. The van der Waals surface area contributed by atoms with Crippen LogP contribution in [0.15, 0.2) is 48.6 Å². The number of benzene rings is 1. The lowest BCUT2D eigenvalue weighted by Crippen LogP contribution is -2.49. The topological polar surface area (TPSA) is 208 Å². The van der Waals surface area contributed by atoms with E-state index in [1.807, 2.05) is 43.3 Å². The van der Waals surface area contributed by atoms with Crippen molar-refractivity contribution in [2.75, 3.05) is 70.2 Å². The number of rotatable bonds is 10. The molecule has 0 aliphatic carbocycles. The van der Waals surface area contributed by atoms with Crippen LogP contribution in [0.5, 0.6) is 0 Å². The van der Waals surface area contributed by atoms with Gasteiger partial charge < -0.3 is 35.7 Å². The van der Waals surface area contributed by atoms with Gasteiger partial charge in [0.05, 0.1) is 13.2 Å². The zero-order valence-electron chi connectivity index (χ0n) is 21.2. The number of carboxylic acid groups (broad SMARTS) is 4. The second-order valence-corrected chi connectivity index (χ2v) is 7.85. The standard InChI is InChI=1S/C16H26N4O2.2C4H4O4/c1-18(2)15-5-3-14(4-6-15)17-16(22)13-20-9-7-19(8-10-20)11-12-21;2*5-3(6)1-2-4(7)8/h3-6,21H,7-13H2,1-2H3,(H,17,22);2*1-2H,(H,5,6)(H,7,8)/b;2*2-1+. The lowest BCUT2D eigenvalue weighted by atomic mass is 10.2. The van der Waals surface area contributed by atoms with E-state index in [-0.39, 0.29) is 12.5 Å². The van der Waals surface area contributed by atoms with Crippen LogP contribution in [0, 0.1) is 0 Å². The molecule has 0 aromatic heterocycles. The quantitative estimate of drug-likeness (QED) is 0.212. The molecule has 0 atom stereocenters. The minimum absolute atomic E-state index is 0.0215. The number of nitrogens with zero attached hydrogens (tertiary/aromatic N) is 3. The van der Waals surface area contributed by atoms with Gasteiger partial charge in [-0.2, -0.15) is 0 Å². The summed E-state index contributed by atoms with van der Waals surface area (Å²) < 4.78 is 0. The van der Waals surface area contributed by atoms with Crippen molar-refractivity contribution in [3.05, 3.63) is 48.6 Å². The monoisotopic (exact) mass is 538 g/mol. The average molecular weight is 539 g/mol. The summed E-state index contributed by atoms with van der Waals surface area (Å²) in [5.41, 5.74) is 1.94. The summed E-state index contributed by atoms with van der Waals surface area (Å²) in [6.07, 6.45) is 2.23. The van der Waals surface area contributed by atoms with Crippen LogP contribution in [0.1, 0.15) is 0 Å². The first-order valence-electron chi connectivity index (χ1n) is 11.2. The summed E-state index contributed by atoms with van der Waals surface area (Å²) in [6, 6.07) is 7.82. The number of β-amino-alcohol motifs (C(OH)–C–C–N with tert-alkyl or cyclic N) is 1. The highest BCUT2D eigenvalue weighted by molar-refractivity contribution is 5.92. The molecule has 1 saturated heterocycles. The van der Waals surface area contributed by atoms with Crippen molar-refractivity contribution < 1.29 is 49.5 Å². The van der Waals surface area contributed by atoms with Gasteiger partial charge in [-0.3, -0.25) is 14.6 Å². The van der Waals surface area contributed by atoms with Gasteiger partial charge in [0.25, 0.3) is 0 Å². The molecule has 0 spiro atoms. The third kappa shape index (κ3) is 18.1. The summed E-state index contributed by atoms with van der Waals surface area (Å²) in [6.45, 7) is 4.89. The molecule has 38 heavy (non-hydrogen) atoms.